The van der Waals surface area contributed by atoms with Gasteiger partial charge in [-0.15, -0.1) is 0 Å². The maximum Gasteiger partial charge on any atom is 0.331 e. The van der Waals surface area contributed by atoms with Crippen LogP contribution in [0, 0.1) is 28.6 Å². The van der Waals surface area contributed by atoms with Gasteiger partial charge in [0.2, 0.25) is 0 Å². The Labute approximate surface area is 223 Å². The van der Waals surface area contributed by atoms with Crippen LogP contribution in [0.2, 0.25) is 0 Å². The summed E-state index contributed by atoms with van der Waals surface area (Å²) in [7, 11) is 0. The van der Waals surface area contributed by atoms with Gasteiger partial charge in [0.05, 0.1) is 18.3 Å². The summed E-state index contributed by atoms with van der Waals surface area (Å²) in [6.07, 6.45) is 4.01. The second-order valence-corrected chi connectivity index (χ2v) is 13.1. The molecule has 0 aromatic rings. The first-order valence-electron chi connectivity index (χ1n) is 14.3. The molecule has 2 heterocycles. The normalized spacial score (nSPS) is 52.4. The number of aliphatic hydroxyl groups is 5. The van der Waals surface area contributed by atoms with Crippen LogP contribution in [0.25, 0.3) is 0 Å². The van der Waals surface area contributed by atoms with Gasteiger partial charge in [-0.25, -0.2) is 4.79 Å². The van der Waals surface area contributed by atoms with Gasteiger partial charge in [0, 0.05) is 11.5 Å². The molecule has 4 aliphatic carbocycles. The Morgan fingerprint density at radius 2 is 1.82 bits per heavy atom. The second-order valence-electron chi connectivity index (χ2n) is 13.1. The number of rotatable bonds is 4. The summed E-state index contributed by atoms with van der Waals surface area (Å²) in [4.78, 5) is 11.8. The van der Waals surface area contributed by atoms with Gasteiger partial charge >= 0.3 is 5.97 Å². The van der Waals surface area contributed by atoms with Crippen molar-refractivity contribution in [1.82, 2.24) is 0 Å². The van der Waals surface area contributed by atoms with E-state index in [4.69, 9.17) is 14.2 Å². The predicted octanol–water partition coefficient (Wildman–Crippen LogP) is 1.35. The number of carbonyl (C=O) groups excluding carboxylic acids is 1. The molecule has 12 atom stereocenters. The first kappa shape index (κ1) is 26.9. The Hall–Kier alpha value is -1.33. The molecule has 9 nitrogen and oxygen atoms in total. The maximum absolute atomic E-state index is 12.3. The van der Waals surface area contributed by atoms with E-state index in [1.807, 2.05) is 0 Å². The van der Waals surface area contributed by atoms with Crippen molar-refractivity contribution in [3.63, 3.8) is 0 Å². The van der Waals surface area contributed by atoms with E-state index >= 15 is 0 Å². The van der Waals surface area contributed by atoms with Crippen molar-refractivity contribution in [2.24, 2.45) is 28.6 Å². The van der Waals surface area contributed by atoms with Crippen molar-refractivity contribution in [2.45, 2.75) is 108 Å². The van der Waals surface area contributed by atoms with Crippen LogP contribution in [0.15, 0.2) is 23.3 Å². The van der Waals surface area contributed by atoms with Gasteiger partial charge in [0.15, 0.2) is 6.29 Å². The molecule has 6 rings (SSSR count). The van der Waals surface area contributed by atoms with Crippen molar-refractivity contribution in [1.29, 1.82) is 0 Å². The maximum atomic E-state index is 12.3. The topological polar surface area (TPSA) is 146 Å². The summed E-state index contributed by atoms with van der Waals surface area (Å²) in [6.45, 7) is 4.41. The fourth-order valence-electron chi connectivity index (χ4n) is 9.26. The fourth-order valence-corrected chi connectivity index (χ4v) is 9.26. The van der Waals surface area contributed by atoms with Crippen LogP contribution in [0.3, 0.4) is 0 Å². The molecule has 1 unspecified atom stereocenters. The van der Waals surface area contributed by atoms with E-state index in [1.54, 1.807) is 6.08 Å². The molecule has 212 valence electrons. The van der Waals surface area contributed by atoms with Crippen LogP contribution in [-0.4, -0.2) is 87.1 Å². The molecule has 0 aromatic carbocycles. The highest BCUT2D eigenvalue weighted by Gasteiger charge is 2.67. The number of esters is 1. The highest BCUT2D eigenvalue weighted by molar-refractivity contribution is 5.85. The summed E-state index contributed by atoms with van der Waals surface area (Å²) in [6, 6.07) is 0. The SMILES string of the molecule is C[C@@]12CCC3[C@H](CC=C4C[C@H](O[C@H]5O[C@@H](CO)[C@H](O)[C@@H](O)[C@@H]5O)CC[C@]43C)[C@]1(O)CC[C@H]2C1=CC(=O)OC1. The number of fused-ring (bicyclic) bond motifs is 5. The van der Waals surface area contributed by atoms with Gasteiger partial charge < -0.3 is 39.7 Å². The lowest BCUT2D eigenvalue weighted by molar-refractivity contribution is -0.313. The minimum atomic E-state index is -1.45. The van der Waals surface area contributed by atoms with Crippen LogP contribution in [0.5, 0.6) is 0 Å². The molecule has 6 aliphatic rings. The number of carbonyl (C=O) groups is 1. The monoisotopic (exact) mass is 534 g/mol. The number of allylic oxidation sites excluding steroid dienone is 1. The fraction of sp³-hybridized carbons (Fsp3) is 0.828. The van der Waals surface area contributed by atoms with E-state index in [0.717, 1.165) is 50.5 Å². The van der Waals surface area contributed by atoms with E-state index in [1.165, 1.54) is 5.57 Å². The minimum Gasteiger partial charge on any atom is -0.458 e. The van der Waals surface area contributed by atoms with E-state index in [-0.39, 0.29) is 34.7 Å². The van der Waals surface area contributed by atoms with Gasteiger partial charge in [-0.05, 0) is 80.1 Å². The molecular formula is C29H42O9. The van der Waals surface area contributed by atoms with Crippen molar-refractivity contribution in [3.05, 3.63) is 23.3 Å². The molecule has 0 radical (unpaired) electrons. The summed E-state index contributed by atoms with van der Waals surface area (Å²) in [5, 5.41) is 52.5. The molecule has 5 N–H and O–H groups in total. The molecule has 1 saturated heterocycles. The van der Waals surface area contributed by atoms with Crippen molar-refractivity contribution < 1.29 is 44.5 Å². The van der Waals surface area contributed by atoms with Crippen molar-refractivity contribution in [3.8, 4) is 0 Å². The zero-order valence-corrected chi connectivity index (χ0v) is 22.3. The molecule has 38 heavy (non-hydrogen) atoms. The molecule has 9 heteroatoms. The predicted molar refractivity (Wildman–Crippen MR) is 134 cm³/mol. The lowest BCUT2D eigenvalue weighted by Gasteiger charge is -2.61. The van der Waals surface area contributed by atoms with E-state index in [2.05, 4.69) is 19.9 Å². The minimum absolute atomic E-state index is 0.0565. The zero-order valence-electron chi connectivity index (χ0n) is 22.3. The lowest BCUT2D eigenvalue weighted by Crippen LogP contribution is -2.61. The summed E-state index contributed by atoms with van der Waals surface area (Å²) in [5.74, 6) is 0.401. The number of hydrogen-bond acceptors (Lipinski definition) is 9. The zero-order chi connectivity index (χ0) is 27.0. The molecule has 2 aliphatic heterocycles. The first-order valence-corrected chi connectivity index (χ1v) is 14.3. The number of aliphatic hydroxyl groups excluding tert-OH is 4. The molecule has 0 spiro atoms. The average molecular weight is 535 g/mol. The van der Waals surface area contributed by atoms with Crippen LogP contribution < -0.4 is 0 Å². The molecule has 4 fully saturated rings. The second kappa shape index (κ2) is 9.36. The third-order valence-electron chi connectivity index (χ3n) is 11.6. The van der Waals surface area contributed by atoms with Crippen LogP contribution >= 0.6 is 0 Å². The summed E-state index contributed by atoms with van der Waals surface area (Å²) < 4.78 is 16.9. The molecule has 0 amide bonds. The number of hydrogen-bond donors (Lipinski definition) is 5. The van der Waals surface area contributed by atoms with Crippen LogP contribution in [0.1, 0.15) is 65.2 Å². The van der Waals surface area contributed by atoms with Gasteiger partial charge in [-0.2, -0.15) is 0 Å². The Kier molecular flexibility index (Phi) is 6.62. The first-order chi connectivity index (χ1) is 18.0. The Bertz CT molecular complexity index is 1020. The average Bonchev–Trinajstić information content (AvgIpc) is 3.44. The van der Waals surface area contributed by atoms with Crippen LogP contribution in [-0.2, 0) is 19.0 Å². The molecule has 0 aromatic heterocycles. The standard InChI is InChI=1S/C29H42O9/c1-27-8-5-17(37-26-25(34)24(33)23(32)21(13-30)38-26)12-16(27)3-4-20-19(27)6-9-28(2)18(7-10-29(20,28)35)15-11-22(31)36-14-15/h3,11,17-21,23-26,30,32-35H,4-10,12-14H2,1-2H3/t17-,18+,19?,20+,21+,23+,24-,25+,26+,27-,28+,29-/m1/s1. The molecular weight excluding hydrogens is 492 g/mol. The van der Waals surface area contributed by atoms with E-state index in [9.17, 15) is 30.3 Å². The van der Waals surface area contributed by atoms with Gasteiger partial charge in [-0.1, -0.05) is 25.5 Å². The molecule has 3 saturated carbocycles. The van der Waals surface area contributed by atoms with Crippen molar-refractivity contribution in [2.75, 3.05) is 13.2 Å². The Morgan fingerprint density at radius 1 is 1.03 bits per heavy atom. The third-order valence-corrected chi connectivity index (χ3v) is 11.6. The summed E-state index contributed by atoms with van der Waals surface area (Å²) >= 11 is 0. The third kappa shape index (κ3) is 3.80. The van der Waals surface area contributed by atoms with Gasteiger partial charge in [0.25, 0.3) is 0 Å². The van der Waals surface area contributed by atoms with Gasteiger partial charge in [-0.3, -0.25) is 0 Å². The Morgan fingerprint density at radius 3 is 2.53 bits per heavy atom. The number of ether oxygens (including phenoxy) is 3. The van der Waals surface area contributed by atoms with E-state index in [0.29, 0.717) is 18.9 Å². The smallest absolute Gasteiger partial charge is 0.331 e. The molecule has 0 bridgehead atoms. The number of cyclic esters (lactones) is 1. The van der Waals surface area contributed by atoms with Gasteiger partial charge in [0.1, 0.15) is 31.0 Å². The largest absolute Gasteiger partial charge is 0.458 e. The lowest BCUT2D eigenvalue weighted by atomic mass is 9.45. The summed E-state index contributed by atoms with van der Waals surface area (Å²) in [5.41, 5.74) is 1.23. The van der Waals surface area contributed by atoms with Crippen LogP contribution in [0.4, 0.5) is 0 Å². The highest BCUT2D eigenvalue weighted by atomic mass is 16.7. The Balaban J connectivity index is 1.19. The van der Waals surface area contributed by atoms with E-state index < -0.39 is 42.9 Å². The highest BCUT2D eigenvalue weighted by Crippen LogP contribution is 2.69. The van der Waals surface area contributed by atoms with Crippen molar-refractivity contribution >= 4 is 5.97 Å². The quantitative estimate of drug-likeness (QED) is 0.266.